The minimum absolute atomic E-state index is 0. The highest BCUT2D eigenvalue weighted by Crippen LogP contribution is 2.21. The average Bonchev–Trinajstić information content (AvgIpc) is 3.08. The molecule has 0 spiro atoms. The Kier molecular flexibility index (Phi) is 10.9. The van der Waals surface area contributed by atoms with Gasteiger partial charge in [-0.3, -0.25) is 4.99 Å². The second-order valence-electron chi connectivity index (χ2n) is 6.11. The second-order valence-corrected chi connectivity index (χ2v) is 6.89. The summed E-state index contributed by atoms with van der Waals surface area (Å²) in [4.78, 5) is 6.82. The summed E-state index contributed by atoms with van der Waals surface area (Å²) in [5.74, 6) is 0.895. The van der Waals surface area contributed by atoms with Crippen molar-refractivity contribution < 1.29 is 0 Å². The maximum absolute atomic E-state index is 4.28. The monoisotopic (exact) mass is 450 g/mol. The smallest absolute Gasteiger partial charge is 0.191 e. The highest BCUT2D eigenvalue weighted by atomic mass is 127. The lowest BCUT2D eigenvalue weighted by Gasteiger charge is -2.31. The van der Waals surface area contributed by atoms with Gasteiger partial charge in [-0.15, -0.1) is 24.0 Å². The molecule has 23 heavy (non-hydrogen) atoms. The van der Waals surface area contributed by atoms with E-state index < -0.39 is 0 Å². The molecule has 0 bridgehead atoms. The SMILES string of the molecule is CN=C(NCCCN(C)C1CCCCC1)NCc1ccsc1.I. The van der Waals surface area contributed by atoms with Crippen molar-refractivity contribution in [2.24, 2.45) is 4.99 Å². The van der Waals surface area contributed by atoms with Gasteiger partial charge in [0.05, 0.1) is 0 Å². The number of hydrogen-bond acceptors (Lipinski definition) is 3. The molecule has 1 heterocycles. The normalized spacial score (nSPS) is 16.2. The Bertz CT molecular complexity index is 430. The summed E-state index contributed by atoms with van der Waals surface area (Å²) >= 11 is 1.73. The fourth-order valence-electron chi connectivity index (χ4n) is 3.04. The van der Waals surface area contributed by atoms with Crippen LogP contribution in [0.3, 0.4) is 0 Å². The van der Waals surface area contributed by atoms with Gasteiger partial charge in [0.1, 0.15) is 0 Å². The van der Waals surface area contributed by atoms with Gasteiger partial charge in [0.2, 0.25) is 0 Å². The lowest BCUT2D eigenvalue weighted by molar-refractivity contribution is 0.190. The topological polar surface area (TPSA) is 39.7 Å². The van der Waals surface area contributed by atoms with Crippen molar-refractivity contribution in [3.63, 3.8) is 0 Å². The number of halogens is 1. The number of aliphatic imine (C=N–C) groups is 1. The van der Waals surface area contributed by atoms with Crippen molar-refractivity contribution >= 4 is 41.3 Å². The Hall–Kier alpha value is -0.340. The van der Waals surface area contributed by atoms with E-state index in [1.807, 2.05) is 7.05 Å². The van der Waals surface area contributed by atoms with Gasteiger partial charge in [-0.2, -0.15) is 11.3 Å². The van der Waals surface area contributed by atoms with E-state index in [9.17, 15) is 0 Å². The standard InChI is InChI=1S/C17H30N4S.HI/c1-18-17(20-13-15-9-12-22-14-15)19-10-6-11-21(2)16-7-4-3-5-8-16;/h9,12,14,16H,3-8,10-11,13H2,1-2H3,(H2,18,19,20);1H. The van der Waals surface area contributed by atoms with Gasteiger partial charge < -0.3 is 15.5 Å². The summed E-state index contributed by atoms with van der Waals surface area (Å²) in [7, 11) is 4.11. The molecule has 1 aliphatic carbocycles. The number of hydrogen-bond donors (Lipinski definition) is 2. The van der Waals surface area contributed by atoms with E-state index in [2.05, 4.69) is 44.4 Å². The van der Waals surface area contributed by atoms with E-state index in [4.69, 9.17) is 0 Å². The van der Waals surface area contributed by atoms with E-state index >= 15 is 0 Å². The first-order chi connectivity index (χ1) is 10.8. The molecule has 0 amide bonds. The van der Waals surface area contributed by atoms with Crippen LogP contribution in [0.25, 0.3) is 0 Å². The van der Waals surface area contributed by atoms with Crippen LogP contribution in [0.2, 0.25) is 0 Å². The molecule has 132 valence electrons. The molecule has 1 fully saturated rings. The largest absolute Gasteiger partial charge is 0.356 e. The van der Waals surface area contributed by atoms with Gasteiger partial charge in [0.25, 0.3) is 0 Å². The van der Waals surface area contributed by atoms with Crippen LogP contribution in [0.5, 0.6) is 0 Å². The molecule has 1 aromatic heterocycles. The number of thiophene rings is 1. The van der Waals surface area contributed by atoms with Gasteiger partial charge in [-0.05, 0) is 55.2 Å². The Balaban J connectivity index is 0.00000264. The van der Waals surface area contributed by atoms with Crippen LogP contribution in [0.4, 0.5) is 0 Å². The number of rotatable bonds is 7. The molecule has 0 unspecified atom stereocenters. The van der Waals surface area contributed by atoms with Crippen LogP contribution < -0.4 is 10.6 Å². The zero-order valence-electron chi connectivity index (χ0n) is 14.4. The van der Waals surface area contributed by atoms with E-state index in [1.165, 1.54) is 44.2 Å². The number of guanidine groups is 1. The molecule has 0 aromatic carbocycles. The maximum Gasteiger partial charge on any atom is 0.191 e. The highest BCUT2D eigenvalue weighted by Gasteiger charge is 2.17. The first-order valence-electron chi connectivity index (χ1n) is 8.45. The zero-order chi connectivity index (χ0) is 15.6. The number of nitrogens with zero attached hydrogens (tertiary/aromatic N) is 2. The van der Waals surface area contributed by atoms with Crippen LogP contribution in [-0.4, -0.2) is 44.1 Å². The van der Waals surface area contributed by atoms with Gasteiger partial charge in [-0.25, -0.2) is 0 Å². The first-order valence-corrected chi connectivity index (χ1v) is 9.39. The third kappa shape index (κ3) is 7.85. The molecule has 6 heteroatoms. The van der Waals surface area contributed by atoms with E-state index in [0.717, 1.165) is 31.5 Å². The summed E-state index contributed by atoms with van der Waals surface area (Å²) in [6.45, 7) is 2.98. The van der Waals surface area contributed by atoms with Crippen molar-refractivity contribution in [1.29, 1.82) is 0 Å². The maximum atomic E-state index is 4.28. The van der Waals surface area contributed by atoms with Gasteiger partial charge >= 0.3 is 0 Å². The Morgan fingerprint density at radius 1 is 1.30 bits per heavy atom. The lowest BCUT2D eigenvalue weighted by atomic mass is 9.94. The van der Waals surface area contributed by atoms with E-state index in [1.54, 1.807) is 11.3 Å². The van der Waals surface area contributed by atoms with Crippen LogP contribution in [-0.2, 0) is 6.54 Å². The molecule has 0 aliphatic heterocycles. The summed E-state index contributed by atoms with van der Waals surface area (Å²) in [5, 5.41) is 11.0. The molecule has 0 atom stereocenters. The Morgan fingerprint density at radius 2 is 2.09 bits per heavy atom. The van der Waals surface area contributed by atoms with Crippen LogP contribution in [0.15, 0.2) is 21.8 Å². The molecule has 1 aliphatic rings. The van der Waals surface area contributed by atoms with Crippen LogP contribution in [0, 0.1) is 0 Å². The van der Waals surface area contributed by atoms with Crippen molar-refractivity contribution in [2.45, 2.75) is 51.1 Å². The number of nitrogens with one attached hydrogen (secondary N) is 2. The third-order valence-electron chi connectivity index (χ3n) is 4.44. The molecule has 0 saturated heterocycles. The van der Waals surface area contributed by atoms with Crippen LogP contribution in [0.1, 0.15) is 44.1 Å². The third-order valence-corrected chi connectivity index (χ3v) is 5.17. The van der Waals surface area contributed by atoms with Gasteiger partial charge in [0, 0.05) is 26.2 Å². The highest BCUT2D eigenvalue weighted by molar-refractivity contribution is 14.0. The minimum Gasteiger partial charge on any atom is -0.356 e. The fraction of sp³-hybridized carbons (Fsp3) is 0.706. The Morgan fingerprint density at radius 3 is 2.74 bits per heavy atom. The summed E-state index contributed by atoms with van der Waals surface area (Å²) in [5.41, 5.74) is 1.31. The summed E-state index contributed by atoms with van der Waals surface area (Å²) < 4.78 is 0. The molecule has 1 aromatic rings. The van der Waals surface area contributed by atoms with Crippen molar-refractivity contribution in [3.8, 4) is 0 Å². The van der Waals surface area contributed by atoms with Crippen LogP contribution >= 0.6 is 35.3 Å². The zero-order valence-corrected chi connectivity index (χ0v) is 17.5. The molecule has 1 saturated carbocycles. The predicted octanol–water partition coefficient (Wildman–Crippen LogP) is 3.69. The second kappa shape index (κ2) is 12.1. The van der Waals surface area contributed by atoms with Gasteiger partial charge in [0.15, 0.2) is 5.96 Å². The van der Waals surface area contributed by atoms with Crippen molar-refractivity contribution in [3.05, 3.63) is 22.4 Å². The van der Waals surface area contributed by atoms with E-state index in [-0.39, 0.29) is 24.0 Å². The predicted molar refractivity (Wildman–Crippen MR) is 112 cm³/mol. The molecule has 2 rings (SSSR count). The fourth-order valence-corrected chi connectivity index (χ4v) is 3.71. The summed E-state index contributed by atoms with van der Waals surface area (Å²) in [6.07, 6.45) is 8.17. The average molecular weight is 450 g/mol. The van der Waals surface area contributed by atoms with Crippen molar-refractivity contribution in [2.75, 3.05) is 27.2 Å². The van der Waals surface area contributed by atoms with E-state index in [0.29, 0.717) is 0 Å². The Labute approximate surface area is 162 Å². The summed E-state index contributed by atoms with van der Waals surface area (Å²) in [6, 6.07) is 2.95. The first kappa shape index (κ1) is 20.7. The van der Waals surface area contributed by atoms with Crippen molar-refractivity contribution in [1.82, 2.24) is 15.5 Å². The minimum atomic E-state index is 0. The quantitative estimate of drug-likeness (QED) is 0.288. The molecule has 2 N–H and O–H groups in total. The lowest BCUT2D eigenvalue weighted by Crippen LogP contribution is -2.39. The molecular formula is C17H31IN4S. The molecule has 0 radical (unpaired) electrons. The molecular weight excluding hydrogens is 419 g/mol. The molecule has 4 nitrogen and oxygen atoms in total. The van der Waals surface area contributed by atoms with Gasteiger partial charge in [-0.1, -0.05) is 19.3 Å².